The zero-order valence-electron chi connectivity index (χ0n) is 11.4. The maximum absolute atomic E-state index is 12.1. The molecule has 0 saturated carbocycles. The van der Waals surface area contributed by atoms with Crippen LogP contribution in [-0.4, -0.2) is 40.8 Å². The molecule has 2 nitrogen and oxygen atoms in total. The van der Waals surface area contributed by atoms with Crippen LogP contribution < -0.4 is 0 Å². The van der Waals surface area contributed by atoms with E-state index >= 15 is 0 Å². The molecule has 4 heteroatoms. The van der Waals surface area contributed by atoms with Crippen LogP contribution in [0.1, 0.15) is 30.6 Å². The fraction of sp³-hybridized carbons (Fsp3) is 0.533. The van der Waals surface area contributed by atoms with Crippen molar-refractivity contribution >= 4 is 29.1 Å². The van der Waals surface area contributed by atoms with Gasteiger partial charge in [0.15, 0.2) is 5.78 Å². The average Bonchev–Trinajstić information content (AvgIpc) is 2.40. The van der Waals surface area contributed by atoms with E-state index in [1.54, 1.807) is 12.1 Å². The van der Waals surface area contributed by atoms with Crippen molar-refractivity contribution in [2.75, 3.05) is 18.8 Å². The highest BCUT2D eigenvalue weighted by Gasteiger charge is 2.25. The second kappa shape index (κ2) is 6.78. The van der Waals surface area contributed by atoms with Gasteiger partial charge in [0.05, 0.1) is 0 Å². The summed E-state index contributed by atoms with van der Waals surface area (Å²) in [5.41, 5.74) is 0.722. The Bertz CT molecular complexity index is 452. The number of ketones is 1. The Morgan fingerprint density at radius 1 is 1.47 bits per heavy atom. The van der Waals surface area contributed by atoms with Crippen LogP contribution in [0.15, 0.2) is 24.3 Å². The summed E-state index contributed by atoms with van der Waals surface area (Å²) >= 11 is 7.93. The fourth-order valence-corrected chi connectivity index (χ4v) is 3.72. The van der Waals surface area contributed by atoms with Crippen LogP contribution in [0, 0.1) is 0 Å². The molecule has 0 amide bonds. The molecule has 1 aliphatic rings. The van der Waals surface area contributed by atoms with Gasteiger partial charge in [-0.15, -0.1) is 0 Å². The molecule has 2 unspecified atom stereocenters. The molecule has 1 heterocycles. The van der Waals surface area contributed by atoms with E-state index in [0.717, 1.165) is 24.4 Å². The first-order valence-electron chi connectivity index (χ1n) is 6.72. The van der Waals surface area contributed by atoms with E-state index < -0.39 is 0 Å². The summed E-state index contributed by atoms with van der Waals surface area (Å²) in [7, 11) is 0. The molecule has 0 bridgehead atoms. The van der Waals surface area contributed by atoms with Crippen molar-refractivity contribution in [3.8, 4) is 0 Å². The summed E-state index contributed by atoms with van der Waals surface area (Å²) in [5, 5.41) is 1.28. The lowest BCUT2D eigenvalue weighted by Gasteiger charge is -2.37. The van der Waals surface area contributed by atoms with Crippen molar-refractivity contribution in [1.82, 2.24) is 4.90 Å². The van der Waals surface area contributed by atoms with Crippen LogP contribution in [0.4, 0.5) is 0 Å². The highest BCUT2D eigenvalue weighted by Crippen LogP contribution is 2.24. The first kappa shape index (κ1) is 14.9. The molecule has 0 N–H and O–H groups in total. The maximum atomic E-state index is 12.1. The Balaban J connectivity index is 1.90. The van der Waals surface area contributed by atoms with Gasteiger partial charge in [-0.3, -0.25) is 9.69 Å². The molecular weight excluding hydrogens is 278 g/mol. The highest BCUT2D eigenvalue weighted by molar-refractivity contribution is 8.00. The van der Waals surface area contributed by atoms with E-state index in [1.807, 2.05) is 23.9 Å². The first-order chi connectivity index (χ1) is 9.08. The number of Topliss-reactive ketones (excluding diaryl/α,β-unsaturated/α-hetero) is 1. The molecule has 2 rings (SSSR count). The first-order valence-corrected chi connectivity index (χ1v) is 8.15. The van der Waals surface area contributed by atoms with Crippen molar-refractivity contribution in [1.29, 1.82) is 0 Å². The molecule has 1 aromatic rings. The second-order valence-electron chi connectivity index (χ2n) is 5.04. The number of rotatable bonds is 4. The van der Waals surface area contributed by atoms with E-state index in [1.165, 1.54) is 0 Å². The number of hydrogen-bond donors (Lipinski definition) is 0. The summed E-state index contributed by atoms with van der Waals surface area (Å²) in [5.74, 6) is 1.34. The van der Waals surface area contributed by atoms with Gasteiger partial charge in [0.2, 0.25) is 0 Å². The molecule has 0 aromatic heterocycles. The molecule has 1 saturated heterocycles. The third kappa shape index (κ3) is 3.98. The van der Waals surface area contributed by atoms with Crippen molar-refractivity contribution < 1.29 is 4.79 Å². The monoisotopic (exact) mass is 297 g/mol. The van der Waals surface area contributed by atoms with Crippen LogP contribution in [0.25, 0.3) is 0 Å². The van der Waals surface area contributed by atoms with Crippen LogP contribution in [0.3, 0.4) is 0 Å². The van der Waals surface area contributed by atoms with E-state index in [4.69, 9.17) is 11.6 Å². The predicted octanol–water partition coefficient (Wildman–Crippen LogP) is 3.74. The summed E-state index contributed by atoms with van der Waals surface area (Å²) in [4.78, 5) is 14.6. The predicted molar refractivity (Wildman–Crippen MR) is 83.4 cm³/mol. The standard InChI is InChI=1S/C15H20ClNOS/c1-11-12(2)19-9-8-17(11)7-6-15(18)13-4-3-5-14(16)10-13/h3-5,10-12H,6-9H2,1-2H3. The van der Waals surface area contributed by atoms with Gasteiger partial charge < -0.3 is 0 Å². The SMILES string of the molecule is CC1SCCN(CCC(=O)c2cccc(Cl)c2)C1C. The second-order valence-corrected chi connectivity index (χ2v) is 6.96. The number of benzene rings is 1. The summed E-state index contributed by atoms with van der Waals surface area (Å²) in [6.07, 6.45) is 0.571. The Labute approximate surface area is 124 Å². The minimum absolute atomic E-state index is 0.181. The fourth-order valence-electron chi connectivity index (χ4n) is 2.36. The number of nitrogens with zero attached hydrogens (tertiary/aromatic N) is 1. The number of halogens is 1. The Morgan fingerprint density at radius 2 is 2.26 bits per heavy atom. The number of carbonyl (C=O) groups excluding carboxylic acids is 1. The van der Waals surface area contributed by atoms with Gasteiger partial charge in [-0.1, -0.05) is 30.7 Å². The lowest BCUT2D eigenvalue weighted by molar-refractivity contribution is 0.0954. The molecule has 1 fully saturated rings. The topological polar surface area (TPSA) is 20.3 Å². The Hall–Kier alpha value is -0.510. The molecule has 19 heavy (non-hydrogen) atoms. The molecule has 2 atom stereocenters. The average molecular weight is 298 g/mol. The molecule has 0 aliphatic carbocycles. The van der Waals surface area contributed by atoms with E-state index in [-0.39, 0.29) is 5.78 Å². The molecule has 1 aliphatic heterocycles. The van der Waals surface area contributed by atoms with Crippen LogP contribution in [0.5, 0.6) is 0 Å². The quantitative estimate of drug-likeness (QED) is 0.790. The van der Waals surface area contributed by atoms with Gasteiger partial charge in [0, 0.05) is 47.1 Å². The third-order valence-corrected chi connectivity index (χ3v) is 5.36. The molecule has 1 aromatic carbocycles. The highest BCUT2D eigenvalue weighted by atomic mass is 35.5. The van der Waals surface area contributed by atoms with Crippen molar-refractivity contribution in [2.45, 2.75) is 31.6 Å². The maximum Gasteiger partial charge on any atom is 0.164 e. The van der Waals surface area contributed by atoms with Crippen molar-refractivity contribution in [3.63, 3.8) is 0 Å². The van der Waals surface area contributed by atoms with E-state index in [0.29, 0.717) is 22.7 Å². The molecule has 104 valence electrons. The number of thioether (sulfide) groups is 1. The van der Waals surface area contributed by atoms with Crippen molar-refractivity contribution in [2.24, 2.45) is 0 Å². The smallest absolute Gasteiger partial charge is 0.164 e. The molecule has 0 spiro atoms. The Morgan fingerprint density at radius 3 is 3.00 bits per heavy atom. The minimum Gasteiger partial charge on any atom is -0.298 e. The lowest BCUT2D eigenvalue weighted by atomic mass is 10.1. The summed E-state index contributed by atoms with van der Waals surface area (Å²) < 4.78 is 0. The van der Waals surface area contributed by atoms with E-state index in [9.17, 15) is 4.79 Å². The van der Waals surface area contributed by atoms with E-state index in [2.05, 4.69) is 18.7 Å². The number of hydrogen-bond acceptors (Lipinski definition) is 3. The molecular formula is C15H20ClNOS. The summed E-state index contributed by atoms with van der Waals surface area (Å²) in [6, 6.07) is 7.77. The summed E-state index contributed by atoms with van der Waals surface area (Å²) in [6.45, 7) is 6.44. The zero-order valence-corrected chi connectivity index (χ0v) is 13.0. The zero-order chi connectivity index (χ0) is 13.8. The largest absolute Gasteiger partial charge is 0.298 e. The van der Waals surface area contributed by atoms with Gasteiger partial charge in [0.1, 0.15) is 0 Å². The molecule has 0 radical (unpaired) electrons. The van der Waals surface area contributed by atoms with Crippen molar-refractivity contribution in [3.05, 3.63) is 34.9 Å². The van der Waals surface area contributed by atoms with Gasteiger partial charge in [-0.25, -0.2) is 0 Å². The van der Waals surface area contributed by atoms with Gasteiger partial charge >= 0.3 is 0 Å². The van der Waals surface area contributed by atoms with Gasteiger partial charge in [0.25, 0.3) is 0 Å². The Kier molecular flexibility index (Phi) is 5.31. The van der Waals surface area contributed by atoms with Gasteiger partial charge in [-0.05, 0) is 19.1 Å². The minimum atomic E-state index is 0.181. The van der Waals surface area contributed by atoms with Crippen LogP contribution >= 0.6 is 23.4 Å². The third-order valence-electron chi connectivity index (χ3n) is 3.79. The van der Waals surface area contributed by atoms with Gasteiger partial charge in [-0.2, -0.15) is 11.8 Å². The lowest BCUT2D eigenvalue weighted by Crippen LogP contribution is -2.45. The normalized spacial score (nSPS) is 24.4. The number of carbonyl (C=O) groups is 1. The van der Waals surface area contributed by atoms with Crippen LogP contribution in [0.2, 0.25) is 5.02 Å². The van der Waals surface area contributed by atoms with Crippen LogP contribution in [-0.2, 0) is 0 Å².